The topological polar surface area (TPSA) is 47.0 Å². The lowest BCUT2D eigenvalue weighted by Gasteiger charge is -2.12. The van der Waals surface area contributed by atoms with E-state index in [0.29, 0.717) is 5.88 Å². The first-order chi connectivity index (χ1) is 13.8. The molecule has 0 spiro atoms. The molecule has 28 heavy (non-hydrogen) atoms. The Kier molecular flexibility index (Phi) is 5.14. The molecule has 4 rings (SSSR count). The highest BCUT2D eigenvalue weighted by molar-refractivity contribution is 8.00. The molecule has 0 atom stereocenters. The summed E-state index contributed by atoms with van der Waals surface area (Å²) in [5.74, 6) is 3.27. The number of methoxy groups -OCH3 is 1. The lowest BCUT2D eigenvalue weighted by molar-refractivity contribution is 0.400. The first kappa shape index (κ1) is 17.9. The van der Waals surface area contributed by atoms with Crippen molar-refractivity contribution < 1.29 is 4.74 Å². The number of fused-ring (bicyclic) bond motifs is 1. The molecule has 0 aliphatic heterocycles. The quantitative estimate of drug-likeness (QED) is 0.369. The van der Waals surface area contributed by atoms with Crippen LogP contribution in [-0.4, -0.2) is 17.1 Å². The Bertz CT molecular complexity index is 1170. The Morgan fingerprint density at radius 3 is 2.64 bits per heavy atom. The molecule has 4 aromatic rings. The Hall–Kier alpha value is -3.49. The molecule has 0 saturated carbocycles. The van der Waals surface area contributed by atoms with Crippen molar-refractivity contribution in [3.63, 3.8) is 0 Å². The number of pyridine rings is 2. The third kappa shape index (κ3) is 3.64. The average molecular weight is 383 g/mol. The largest absolute Gasteiger partial charge is 0.480 e. The van der Waals surface area contributed by atoms with Crippen LogP contribution in [0.2, 0.25) is 0 Å². The summed E-state index contributed by atoms with van der Waals surface area (Å²) in [4.78, 5) is 9.94. The summed E-state index contributed by atoms with van der Waals surface area (Å²) < 4.78 is 8.74. The molecule has 0 saturated heterocycles. The summed E-state index contributed by atoms with van der Waals surface area (Å²) in [6.07, 6.45) is 9.17. The van der Waals surface area contributed by atoms with E-state index in [1.165, 1.54) is 11.9 Å². The van der Waals surface area contributed by atoms with Gasteiger partial charge in [-0.25, -0.2) is 4.98 Å². The van der Waals surface area contributed by atoms with Crippen molar-refractivity contribution in [3.8, 4) is 29.4 Å². The van der Waals surface area contributed by atoms with E-state index in [2.05, 4.69) is 26.7 Å². The Labute approximate surface area is 168 Å². The second-order valence-electron chi connectivity index (χ2n) is 6.03. The van der Waals surface area contributed by atoms with Crippen molar-refractivity contribution in [3.05, 3.63) is 78.6 Å². The number of nitrogens with zero attached hydrogens (tertiary/aromatic N) is 2. The first-order valence-electron chi connectivity index (χ1n) is 8.66. The van der Waals surface area contributed by atoms with Gasteiger partial charge in [-0.15, -0.1) is 6.42 Å². The van der Waals surface area contributed by atoms with E-state index in [1.54, 1.807) is 19.5 Å². The molecule has 0 aliphatic carbocycles. The minimum Gasteiger partial charge on any atom is -0.480 e. The number of hydrogen-bond donors (Lipinski definition) is 1. The van der Waals surface area contributed by atoms with E-state index < -0.39 is 0 Å². The van der Waals surface area contributed by atoms with Crippen LogP contribution in [0.4, 0.5) is 5.69 Å². The van der Waals surface area contributed by atoms with Crippen LogP contribution in [0.5, 0.6) is 5.88 Å². The number of terminal acetylenes is 1. The predicted molar refractivity (Wildman–Crippen MR) is 115 cm³/mol. The summed E-state index contributed by atoms with van der Waals surface area (Å²) in [5.41, 5.74) is 4.48. The minimum atomic E-state index is 0.541. The molecule has 4 nitrogen and oxygen atoms in total. The first-order valence-corrected chi connectivity index (χ1v) is 9.48. The predicted octanol–water partition coefficient (Wildman–Crippen LogP) is 5.41. The van der Waals surface area contributed by atoms with Crippen LogP contribution >= 0.6 is 11.9 Å². The molecular formula is C23H17N3OS. The van der Waals surface area contributed by atoms with Crippen LogP contribution in [0.1, 0.15) is 5.56 Å². The smallest absolute Gasteiger partial charge is 0.237 e. The maximum absolute atomic E-state index is 5.64. The number of benzene rings is 2. The van der Waals surface area contributed by atoms with E-state index >= 15 is 0 Å². The highest BCUT2D eigenvalue weighted by Gasteiger charge is 2.10. The fourth-order valence-electron chi connectivity index (χ4n) is 2.90. The standard InChI is InChI=1S/C23H17N3OS/c1-3-16-11-12-24-21-10-9-17(13-20(16)21)18-14-22(23(27-2)25-15-18)26-28-19-7-5-4-6-8-19/h1,4-15,26H,2H3. The molecule has 2 aromatic carbocycles. The Morgan fingerprint density at radius 2 is 1.86 bits per heavy atom. The summed E-state index contributed by atoms with van der Waals surface area (Å²) in [5, 5.41) is 0.950. The molecule has 1 N–H and O–H groups in total. The molecule has 0 fully saturated rings. The molecule has 0 unspecified atom stereocenters. The van der Waals surface area contributed by atoms with Gasteiger partial charge in [0.15, 0.2) is 0 Å². The van der Waals surface area contributed by atoms with E-state index in [0.717, 1.165) is 38.2 Å². The molecule has 0 amide bonds. The summed E-state index contributed by atoms with van der Waals surface area (Å²) in [7, 11) is 1.61. The fraction of sp³-hybridized carbons (Fsp3) is 0.0435. The average Bonchev–Trinajstić information content (AvgIpc) is 2.77. The number of nitrogens with one attached hydrogen (secondary N) is 1. The summed E-state index contributed by atoms with van der Waals surface area (Å²) in [6.45, 7) is 0. The number of hydrogen-bond acceptors (Lipinski definition) is 5. The number of aromatic nitrogens is 2. The molecule has 2 heterocycles. The van der Waals surface area contributed by atoms with Crippen LogP contribution in [0.25, 0.3) is 22.0 Å². The zero-order chi connectivity index (χ0) is 19.3. The lowest BCUT2D eigenvalue weighted by atomic mass is 10.0. The second kappa shape index (κ2) is 8.03. The van der Waals surface area contributed by atoms with Crippen molar-refractivity contribution in [2.75, 3.05) is 11.8 Å². The van der Waals surface area contributed by atoms with Crippen molar-refractivity contribution in [2.45, 2.75) is 4.90 Å². The van der Waals surface area contributed by atoms with Gasteiger partial charge in [0.1, 0.15) is 5.69 Å². The summed E-state index contributed by atoms with van der Waals surface area (Å²) >= 11 is 1.51. The number of rotatable bonds is 5. The van der Waals surface area contributed by atoms with Crippen molar-refractivity contribution >= 4 is 28.5 Å². The normalized spacial score (nSPS) is 10.4. The van der Waals surface area contributed by atoms with Gasteiger partial charge in [0.2, 0.25) is 5.88 Å². The highest BCUT2D eigenvalue weighted by atomic mass is 32.2. The molecule has 136 valence electrons. The Balaban J connectivity index is 1.70. The third-order valence-electron chi connectivity index (χ3n) is 4.30. The van der Waals surface area contributed by atoms with E-state index in [-0.39, 0.29) is 0 Å². The third-order valence-corrected chi connectivity index (χ3v) is 5.13. The fourth-order valence-corrected chi connectivity index (χ4v) is 3.57. The zero-order valence-corrected chi connectivity index (χ0v) is 16.0. The van der Waals surface area contributed by atoms with Crippen LogP contribution in [-0.2, 0) is 0 Å². The molecule has 0 aliphatic rings. The van der Waals surface area contributed by atoms with Gasteiger partial charge in [-0.05, 0) is 53.9 Å². The van der Waals surface area contributed by atoms with E-state index in [4.69, 9.17) is 11.2 Å². The maximum atomic E-state index is 5.64. The van der Waals surface area contributed by atoms with E-state index in [1.807, 2.05) is 54.6 Å². The highest BCUT2D eigenvalue weighted by Crippen LogP contribution is 2.33. The molecule has 0 radical (unpaired) electrons. The van der Waals surface area contributed by atoms with Gasteiger partial charge in [0.05, 0.1) is 12.6 Å². The molecule has 2 aromatic heterocycles. The van der Waals surface area contributed by atoms with Crippen molar-refractivity contribution in [1.29, 1.82) is 0 Å². The number of anilines is 1. The van der Waals surface area contributed by atoms with Crippen LogP contribution in [0, 0.1) is 12.3 Å². The van der Waals surface area contributed by atoms with Crippen LogP contribution < -0.4 is 9.46 Å². The van der Waals surface area contributed by atoms with E-state index in [9.17, 15) is 0 Å². The van der Waals surface area contributed by atoms with Crippen molar-refractivity contribution in [2.24, 2.45) is 0 Å². The SMILES string of the molecule is C#Cc1ccnc2ccc(-c3cnc(OC)c(NSc4ccccc4)c3)cc12. The minimum absolute atomic E-state index is 0.541. The van der Waals surface area contributed by atoms with Gasteiger partial charge in [-0.1, -0.05) is 30.2 Å². The Morgan fingerprint density at radius 1 is 1.00 bits per heavy atom. The van der Waals surface area contributed by atoms with Crippen LogP contribution in [0.3, 0.4) is 0 Å². The van der Waals surface area contributed by atoms with Gasteiger partial charge in [0, 0.05) is 33.8 Å². The van der Waals surface area contributed by atoms with Crippen molar-refractivity contribution in [1.82, 2.24) is 9.97 Å². The lowest BCUT2D eigenvalue weighted by Crippen LogP contribution is -1.96. The molecular weight excluding hydrogens is 366 g/mol. The van der Waals surface area contributed by atoms with Gasteiger partial charge >= 0.3 is 0 Å². The summed E-state index contributed by atoms with van der Waals surface area (Å²) in [6, 6.07) is 20.0. The second-order valence-corrected chi connectivity index (χ2v) is 6.91. The van der Waals surface area contributed by atoms with Crippen LogP contribution in [0.15, 0.2) is 78.0 Å². The van der Waals surface area contributed by atoms with Gasteiger partial charge in [-0.3, -0.25) is 4.98 Å². The molecule has 5 heteroatoms. The van der Waals surface area contributed by atoms with Gasteiger partial charge in [0.25, 0.3) is 0 Å². The monoisotopic (exact) mass is 383 g/mol. The maximum Gasteiger partial charge on any atom is 0.237 e. The zero-order valence-electron chi connectivity index (χ0n) is 15.2. The number of ether oxygens (including phenoxy) is 1. The van der Waals surface area contributed by atoms with Gasteiger partial charge < -0.3 is 9.46 Å². The molecule has 0 bridgehead atoms. The van der Waals surface area contributed by atoms with Gasteiger partial charge in [-0.2, -0.15) is 0 Å².